The van der Waals surface area contributed by atoms with E-state index in [-0.39, 0.29) is 23.9 Å². The monoisotopic (exact) mass is 280 g/mol. The van der Waals surface area contributed by atoms with Gasteiger partial charge in [0, 0.05) is 12.6 Å². The molecule has 0 atom stereocenters. The van der Waals surface area contributed by atoms with E-state index in [0.29, 0.717) is 5.56 Å². The molecule has 0 bridgehead atoms. The van der Waals surface area contributed by atoms with Crippen molar-refractivity contribution in [2.24, 2.45) is 0 Å². The molecule has 2 rings (SSSR count). The summed E-state index contributed by atoms with van der Waals surface area (Å²) in [7, 11) is 1.64. The Morgan fingerprint density at radius 3 is 2.45 bits per heavy atom. The number of nitrogens with zero attached hydrogens (tertiary/aromatic N) is 3. The fourth-order valence-corrected chi connectivity index (χ4v) is 1.50. The van der Waals surface area contributed by atoms with Crippen LogP contribution in [0.4, 0.5) is 14.7 Å². The molecule has 0 spiro atoms. The highest BCUT2D eigenvalue weighted by Gasteiger charge is 2.12. The molecule has 1 aromatic heterocycles. The molecular weight excluding hydrogens is 266 g/mol. The molecule has 5 nitrogen and oxygen atoms in total. The van der Waals surface area contributed by atoms with Crippen molar-refractivity contribution in [3.63, 3.8) is 0 Å². The van der Waals surface area contributed by atoms with Gasteiger partial charge in [-0.25, -0.2) is 8.78 Å². The molecule has 0 radical (unpaired) electrons. The van der Waals surface area contributed by atoms with Crippen molar-refractivity contribution < 1.29 is 13.5 Å². The first-order valence-corrected chi connectivity index (χ1v) is 6.05. The first kappa shape index (κ1) is 14.1. The first-order chi connectivity index (χ1) is 9.49. The number of anilines is 1. The van der Waals surface area contributed by atoms with Crippen LogP contribution < -0.4 is 10.1 Å². The van der Waals surface area contributed by atoms with E-state index in [1.165, 1.54) is 6.07 Å². The van der Waals surface area contributed by atoms with Gasteiger partial charge in [0.25, 0.3) is 0 Å². The quantitative estimate of drug-likeness (QED) is 0.933. The standard InChI is InChI=1S/C13H14F2N4O/c1-7(2)20-13-18-11(17-12(16-3)19-13)8-4-5-9(14)10(15)6-8/h4-7H,1-3H3,(H,16,17,18,19). The van der Waals surface area contributed by atoms with Gasteiger partial charge < -0.3 is 10.1 Å². The van der Waals surface area contributed by atoms with Crippen molar-refractivity contribution in [2.75, 3.05) is 12.4 Å². The molecule has 0 saturated heterocycles. The molecule has 1 aromatic carbocycles. The number of ether oxygens (including phenoxy) is 1. The predicted molar refractivity (Wildman–Crippen MR) is 70.5 cm³/mol. The smallest absolute Gasteiger partial charge is 0.322 e. The number of aromatic nitrogens is 3. The molecule has 0 aliphatic heterocycles. The zero-order valence-electron chi connectivity index (χ0n) is 11.3. The van der Waals surface area contributed by atoms with Crippen LogP contribution in [0, 0.1) is 11.6 Å². The lowest BCUT2D eigenvalue weighted by Crippen LogP contribution is -2.11. The van der Waals surface area contributed by atoms with E-state index in [0.717, 1.165) is 12.1 Å². The molecule has 0 fully saturated rings. The third-order valence-electron chi connectivity index (χ3n) is 2.36. The Morgan fingerprint density at radius 1 is 1.10 bits per heavy atom. The maximum atomic E-state index is 13.3. The zero-order valence-corrected chi connectivity index (χ0v) is 11.3. The Morgan fingerprint density at radius 2 is 1.85 bits per heavy atom. The molecule has 0 aliphatic rings. The number of nitrogens with one attached hydrogen (secondary N) is 1. The second kappa shape index (κ2) is 5.77. The van der Waals surface area contributed by atoms with Gasteiger partial charge in [-0.05, 0) is 32.0 Å². The lowest BCUT2D eigenvalue weighted by Gasteiger charge is -2.10. The van der Waals surface area contributed by atoms with Crippen LogP contribution in [0.2, 0.25) is 0 Å². The largest absolute Gasteiger partial charge is 0.461 e. The molecule has 1 heterocycles. The second-order valence-electron chi connectivity index (χ2n) is 4.31. The van der Waals surface area contributed by atoms with Crippen molar-refractivity contribution >= 4 is 5.95 Å². The van der Waals surface area contributed by atoms with Gasteiger partial charge in [-0.1, -0.05) is 0 Å². The number of hydrogen-bond acceptors (Lipinski definition) is 5. The van der Waals surface area contributed by atoms with Crippen molar-refractivity contribution in [3.05, 3.63) is 29.8 Å². The van der Waals surface area contributed by atoms with E-state index in [2.05, 4.69) is 20.3 Å². The van der Waals surface area contributed by atoms with E-state index in [1.54, 1.807) is 7.05 Å². The number of hydrogen-bond donors (Lipinski definition) is 1. The van der Waals surface area contributed by atoms with E-state index < -0.39 is 11.6 Å². The molecule has 0 amide bonds. The highest BCUT2D eigenvalue weighted by molar-refractivity contribution is 5.56. The summed E-state index contributed by atoms with van der Waals surface area (Å²) in [5.74, 6) is -1.38. The SMILES string of the molecule is CNc1nc(OC(C)C)nc(-c2ccc(F)c(F)c2)n1. The lowest BCUT2D eigenvalue weighted by molar-refractivity contribution is 0.222. The number of halogens is 2. The molecule has 20 heavy (non-hydrogen) atoms. The highest BCUT2D eigenvalue weighted by Crippen LogP contribution is 2.21. The van der Waals surface area contributed by atoms with Crippen LogP contribution in [0.25, 0.3) is 11.4 Å². The fourth-order valence-electron chi connectivity index (χ4n) is 1.50. The molecule has 2 aromatic rings. The number of benzene rings is 1. The predicted octanol–water partition coefficient (Wildman–Crippen LogP) is 2.65. The Labute approximate surface area is 115 Å². The van der Waals surface area contributed by atoms with Crippen LogP contribution in [-0.2, 0) is 0 Å². The van der Waals surface area contributed by atoms with E-state index in [9.17, 15) is 8.78 Å². The minimum atomic E-state index is -0.958. The Hall–Kier alpha value is -2.31. The average Bonchev–Trinajstić information content (AvgIpc) is 2.40. The van der Waals surface area contributed by atoms with E-state index in [1.807, 2.05) is 13.8 Å². The molecule has 0 unspecified atom stereocenters. The summed E-state index contributed by atoms with van der Waals surface area (Å²) in [5.41, 5.74) is 0.344. The Balaban J connectivity index is 2.46. The van der Waals surface area contributed by atoms with Crippen LogP contribution in [0.5, 0.6) is 6.01 Å². The maximum absolute atomic E-state index is 13.3. The van der Waals surface area contributed by atoms with Gasteiger partial charge in [0.05, 0.1) is 6.10 Å². The average molecular weight is 280 g/mol. The molecule has 0 saturated carbocycles. The molecule has 106 valence electrons. The molecule has 1 N–H and O–H groups in total. The Kier molecular flexibility index (Phi) is 4.07. The molecule has 7 heteroatoms. The van der Waals surface area contributed by atoms with Gasteiger partial charge >= 0.3 is 6.01 Å². The van der Waals surface area contributed by atoms with Crippen molar-refractivity contribution in [3.8, 4) is 17.4 Å². The topological polar surface area (TPSA) is 59.9 Å². The van der Waals surface area contributed by atoms with Gasteiger partial charge in [-0.15, -0.1) is 0 Å². The van der Waals surface area contributed by atoms with Crippen LogP contribution in [0.3, 0.4) is 0 Å². The molecule has 0 aliphatic carbocycles. The van der Waals surface area contributed by atoms with E-state index >= 15 is 0 Å². The van der Waals surface area contributed by atoms with Crippen LogP contribution >= 0.6 is 0 Å². The van der Waals surface area contributed by atoms with Crippen molar-refractivity contribution in [1.29, 1.82) is 0 Å². The van der Waals surface area contributed by atoms with Gasteiger partial charge in [0.15, 0.2) is 17.5 Å². The van der Waals surface area contributed by atoms with Crippen LogP contribution in [-0.4, -0.2) is 28.1 Å². The normalized spacial score (nSPS) is 10.7. The summed E-state index contributed by atoms with van der Waals surface area (Å²) in [6.07, 6.45) is -0.111. The summed E-state index contributed by atoms with van der Waals surface area (Å²) >= 11 is 0. The van der Waals surface area contributed by atoms with Crippen LogP contribution in [0.1, 0.15) is 13.8 Å². The van der Waals surface area contributed by atoms with Crippen molar-refractivity contribution in [2.45, 2.75) is 20.0 Å². The maximum Gasteiger partial charge on any atom is 0.322 e. The number of rotatable bonds is 4. The minimum absolute atomic E-state index is 0.111. The summed E-state index contributed by atoms with van der Waals surface area (Å²) in [4.78, 5) is 12.2. The summed E-state index contributed by atoms with van der Waals surface area (Å²) in [6.45, 7) is 3.67. The third-order valence-corrected chi connectivity index (χ3v) is 2.36. The second-order valence-corrected chi connectivity index (χ2v) is 4.31. The van der Waals surface area contributed by atoms with E-state index in [4.69, 9.17) is 4.74 Å². The highest BCUT2D eigenvalue weighted by atomic mass is 19.2. The van der Waals surface area contributed by atoms with Crippen LogP contribution in [0.15, 0.2) is 18.2 Å². The zero-order chi connectivity index (χ0) is 14.7. The van der Waals surface area contributed by atoms with Crippen molar-refractivity contribution in [1.82, 2.24) is 15.0 Å². The summed E-state index contributed by atoms with van der Waals surface area (Å²) in [5, 5.41) is 2.77. The van der Waals surface area contributed by atoms with Gasteiger partial charge in [-0.2, -0.15) is 15.0 Å². The summed E-state index contributed by atoms with van der Waals surface area (Å²) < 4.78 is 31.6. The Bertz CT molecular complexity index is 619. The fraction of sp³-hybridized carbons (Fsp3) is 0.308. The van der Waals surface area contributed by atoms with Gasteiger partial charge in [0.1, 0.15) is 0 Å². The minimum Gasteiger partial charge on any atom is -0.461 e. The van der Waals surface area contributed by atoms with Gasteiger partial charge in [-0.3, -0.25) is 0 Å². The van der Waals surface area contributed by atoms with Gasteiger partial charge in [0.2, 0.25) is 5.95 Å². The first-order valence-electron chi connectivity index (χ1n) is 6.05. The third kappa shape index (κ3) is 3.17. The molecular formula is C13H14F2N4O. The summed E-state index contributed by atoms with van der Waals surface area (Å²) in [6, 6.07) is 3.57. The lowest BCUT2D eigenvalue weighted by atomic mass is 10.2.